The van der Waals surface area contributed by atoms with Crippen molar-refractivity contribution in [3.63, 3.8) is 0 Å². The molecule has 5 rings (SSSR count). The molecular weight excluding hydrogens is 366 g/mol. The van der Waals surface area contributed by atoms with E-state index >= 15 is 0 Å². The minimum absolute atomic E-state index is 0.176. The molecule has 2 amide bonds. The summed E-state index contributed by atoms with van der Waals surface area (Å²) < 4.78 is 5.13. The van der Waals surface area contributed by atoms with Crippen LogP contribution in [0.3, 0.4) is 0 Å². The van der Waals surface area contributed by atoms with Crippen molar-refractivity contribution in [3.05, 3.63) is 29.8 Å². The fourth-order valence-electron chi connectivity index (χ4n) is 5.65. The van der Waals surface area contributed by atoms with Crippen LogP contribution in [0.15, 0.2) is 24.3 Å². The quantitative estimate of drug-likeness (QED) is 0.786. The fourth-order valence-corrected chi connectivity index (χ4v) is 5.65. The Bertz CT molecular complexity index is 790. The third-order valence-corrected chi connectivity index (χ3v) is 7.43. The summed E-state index contributed by atoms with van der Waals surface area (Å²) in [4.78, 5) is 31.7. The molecule has 3 heterocycles. The summed E-state index contributed by atoms with van der Waals surface area (Å²) in [7, 11) is 0. The number of carbonyl (C=O) groups is 2. The van der Waals surface area contributed by atoms with Gasteiger partial charge in [0.2, 0.25) is 5.91 Å². The van der Waals surface area contributed by atoms with Crippen LogP contribution in [0.4, 0.5) is 10.5 Å². The molecule has 1 saturated carbocycles. The van der Waals surface area contributed by atoms with E-state index in [1.165, 1.54) is 5.56 Å². The highest BCUT2D eigenvalue weighted by Crippen LogP contribution is 2.58. The summed E-state index contributed by atoms with van der Waals surface area (Å²) in [6.07, 6.45) is 5.94. The zero-order valence-corrected chi connectivity index (χ0v) is 17.3. The van der Waals surface area contributed by atoms with Crippen LogP contribution in [0.2, 0.25) is 0 Å². The van der Waals surface area contributed by atoms with Crippen molar-refractivity contribution in [3.8, 4) is 0 Å². The van der Waals surface area contributed by atoms with Crippen LogP contribution in [0.5, 0.6) is 0 Å². The number of carbonyl (C=O) groups excluding carboxylic acids is 2. The molecule has 0 aromatic heterocycles. The van der Waals surface area contributed by atoms with Crippen LogP contribution in [0.1, 0.15) is 51.0 Å². The number of piperidine rings is 2. The molecule has 0 atom stereocenters. The third kappa shape index (κ3) is 3.12. The van der Waals surface area contributed by atoms with E-state index in [9.17, 15) is 9.59 Å². The Balaban J connectivity index is 1.19. The lowest BCUT2D eigenvalue weighted by Gasteiger charge is -2.43. The lowest BCUT2D eigenvalue weighted by molar-refractivity contribution is -0.120. The second-order valence-electron chi connectivity index (χ2n) is 8.96. The van der Waals surface area contributed by atoms with Crippen molar-refractivity contribution < 1.29 is 14.3 Å². The van der Waals surface area contributed by atoms with Gasteiger partial charge in [0.1, 0.15) is 0 Å². The smallest absolute Gasteiger partial charge is 0.409 e. The van der Waals surface area contributed by atoms with E-state index in [2.05, 4.69) is 34.1 Å². The maximum atomic E-state index is 13.2. The fraction of sp³-hybridized carbons (Fsp3) is 0.652. The normalized spacial score (nSPS) is 24.8. The number of amides is 2. The van der Waals surface area contributed by atoms with Gasteiger partial charge in [-0.25, -0.2) is 4.79 Å². The first-order chi connectivity index (χ1) is 14.1. The van der Waals surface area contributed by atoms with Crippen LogP contribution in [0, 0.1) is 0 Å². The highest BCUT2D eigenvalue weighted by atomic mass is 16.6. The van der Waals surface area contributed by atoms with E-state index in [4.69, 9.17) is 4.74 Å². The van der Waals surface area contributed by atoms with Gasteiger partial charge in [-0.1, -0.05) is 18.2 Å². The lowest BCUT2D eigenvalue weighted by Crippen LogP contribution is -2.52. The molecule has 6 nitrogen and oxygen atoms in total. The van der Waals surface area contributed by atoms with E-state index in [0.29, 0.717) is 24.6 Å². The summed E-state index contributed by atoms with van der Waals surface area (Å²) in [5, 5.41) is 0. The second kappa shape index (κ2) is 7.31. The largest absolute Gasteiger partial charge is 0.450 e. The molecule has 1 spiro atoms. The van der Waals surface area contributed by atoms with Gasteiger partial charge < -0.3 is 19.4 Å². The number of para-hydroxylation sites is 1. The number of likely N-dealkylation sites (tertiary alicyclic amines) is 2. The van der Waals surface area contributed by atoms with Crippen molar-refractivity contribution >= 4 is 17.7 Å². The van der Waals surface area contributed by atoms with Crippen LogP contribution in [0.25, 0.3) is 0 Å². The van der Waals surface area contributed by atoms with Crippen LogP contribution in [-0.4, -0.2) is 66.7 Å². The van der Waals surface area contributed by atoms with Gasteiger partial charge in [0.15, 0.2) is 0 Å². The van der Waals surface area contributed by atoms with Gasteiger partial charge in [-0.2, -0.15) is 0 Å². The van der Waals surface area contributed by atoms with E-state index < -0.39 is 0 Å². The number of benzene rings is 1. The predicted molar refractivity (Wildman–Crippen MR) is 111 cm³/mol. The first-order valence-corrected chi connectivity index (χ1v) is 11.2. The molecule has 0 bridgehead atoms. The Morgan fingerprint density at radius 2 is 1.69 bits per heavy atom. The zero-order chi connectivity index (χ0) is 20.0. The first kappa shape index (κ1) is 18.9. The molecule has 6 heteroatoms. The highest BCUT2D eigenvalue weighted by Gasteiger charge is 2.60. The molecule has 1 aliphatic carbocycles. The summed E-state index contributed by atoms with van der Waals surface area (Å²) in [6, 6.07) is 9.29. The topological polar surface area (TPSA) is 53.1 Å². The Hall–Kier alpha value is -2.08. The van der Waals surface area contributed by atoms with E-state index in [1.807, 2.05) is 11.8 Å². The monoisotopic (exact) mass is 397 g/mol. The molecule has 2 saturated heterocycles. The van der Waals surface area contributed by atoms with Gasteiger partial charge in [0, 0.05) is 44.0 Å². The van der Waals surface area contributed by atoms with Gasteiger partial charge in [0.25, 0.3) is 0 Å². The van der Waals surface area contributed by atoms with Crippen LogP contribution < -0.4 is 4.90 Å². The van der Waals surface area contributed by atoms with Crippen LogP contribution >= 0.6 is 0 Å². The second-order valence-corrected chi connectivity index (χ2v) is 8.96. The molecule has 3 aliphatic heterocycles. The number of anilines is 1. The Morgan fingerprint density at radius 1 is 1.03 bits per heavy atom. The van der Waals surface area contributed by atoms with Crippen molar-refractivity contribution in [1.29, 1.82) is 0 Å². The lowest BCUT2D eigenvalue weighted by atomic mass is 9.97. The average Bonchev–Trinajstić information content (AvgIpc) is 3.53. The average molecular weight is 398 g/mol. The maximum absolute atomic E-state index is 13.2. The highest BCUT2D eigenvalue weighted by molar-refractivity contribution is 6.10. The standard InChI is InChI=1S/C23H31N3O3/c1-2-29-22(28)25-15-7-17(8-16-25)24-13-9-18(10-14-24)26-20-6-4-3-5-19(20)23(11-12-23)21(26)27/h3-6,17-18H,2,7-16H2,1H3. The SMILES string of the molecule is CCOC(=O)N1CCC(N2CCC(N3C(=O)C4(CC4)c4ccccc43)CC2)CC1. The van der Waals surface area contributed by atoms with Gasteiger partial charge in [-0.15, -0.1) is 0 Å². The van der Waals surface area contributed by atoms with Gasteiger partial charge in [0.05, 0.1) is 12.0 Å². The van der Waals surface area contributed by atoms with Crippen molar-refractivity contribution in [2.45, 2.75) is 62.9 Å². The Morgan fingerprint density at radius 3 is 2.34 bits per heavy atom. The van der Waals surface area contributed by atoms with Crippen molar-refractivity contribution in [1.82, 2.24) is 9.80 Å². The summed E-state index contributed by atoms with van der Waals surface area (Å²) >= 11 is 0. The summed E-state index contributed by atoms with van der Waals surface area (Å²) in [5.74, 6) is 0.347. The van der Waals surface area contributed by atoms with Crippen molar-refractivity contribution in [2.75, 3.05) is 37.7 Å². The summed E-state index contributed by atoms with van der Waals surface area (Å²) in [6.45, 7) is 5.92. The maximum Gasteiger partial charge on any atom is 0.409 e. The van der Waals surface area contributed by atoms with E-state index in [1.54, 1.807) is 0 Å². The molecule has 0 radical (unpaired) electrons. The zero-order valence-electron chi connectivity index (χ0n) is 17.3. The molecular formula is C23H31N3O3. The Kier molecular flexibility index (Phi) is 4.77. The number of hydrogen-bond acceptors (Lipinski definition) is 4. The number of ether oxygens (including phenoxy) is 1. The Labute approximate surface area is 172 Å². The third-order valence-electron chi connectivity index (χ3n) is 7.43. The van der Waals surface area contributed by atoms with Gasteiger partial charge in [-0.05, 0) is 57.1 Å². The van der Waals surface area contributed by atoms with Gasteiger partial charge in [-0.3, -0.25) is 4.79 Å². The molecule has 1 aromatic rings. The van der Waals surface area contributed by atoms with E-state index in [0.717, 1.165) is 70.4 Å². The number of hydrogen-bond donors (Lipinski definition) is 0. The van der Waals surface area contributed by atoms with Crippen LogP contribution in [-0.2, 0) is 14.9 Å². The van der Waals surface area contributed by atoms with Gasteiger partial charge >= 0.3 is 6.09 Å². The molecule has 1 aromatic carbocycles. The number of rotatable bonds is 3. The molecule has 3 fully saturated rings. The minimum Gasteiger partial charge on any atom is -0.450 e. The molecule has 29 heavy (non-hydrogen) atoms. The number of fused-ring (bicyclic) bond motifs is 2. The minimum atomic E-state index is -0.187. The molecule has 156 valence electrons. The first-order valence-electron chi connectivity index (χ1n) is 11.2. The predicted octanol–water partition coefficient (Wildman–Crippen LogP) is 3.15. The number of nitrogens with zero attached hydrogens (tertiary/aromatic N) is 3. The summed E-state index contributed by atoms with van der Waals surface area (Å²) in [5.41, 5.74) is 2.24. The van der Waals surface area contributed by atoms with E-state index in [-0.39, 0.29) is 11.5 Å². The van der Waals surface area contributed by atoms with Crippen molar-refractivity contribution in [2.24, 2.45) is 0 Å². The molecule has 0 unspecified atom stereocenters. The molecule has 0 N–H and O–H groups in total. The molecule has 4 aliphatic rings.